The van der Waals surface area contributed by atoms with E-state index in [4.69, 9.17) is 9.72 Å². The highest BCUT2D eigenvalue weighted by Crippen LogP contribution is 2.22. The van der Waals surface area contributed by atoms with Crippen LogP contribution in [0.1, 0.15) is 18.4 Å². The smallest absolute Gasteiger partial charge is 0.129 e. The third-order valence-electron chi connectivity index (χ3n) is 4.67. The van der Waals surface area contributed by atoms with Gasteiger partial charge in [0, 0.05) is 38.2 Å². The Morgan fingerprint density at radius 2 is 2.08 bits per heavy atom. The summed E-state index contributed by atoms with van der Waals surface area (Å²) < 4.78 is 5.00. The predicted octanol–water partition coefficient (Wildman–Crippen LogP) is 2.43. The lowest BCUT2D eigenvalue weighted by molar-refractivity contribution is 0.0327. The minimum atomic E-state index is -0.399. The number of nitrogens with zero attached hydrogens (tertiary/aromatic N) is 2. The average Bonchev–Trinajstić information content (AvgIpc) is 2.57. The van der Waals surface area contributed by atoms with Gasteiger partial charge >= 0.3 is 0 Å². The SMILES string of the molecule is COCC(O)CN1CCC(Nc2nc3ccccc3cc2C)CC1. The van der Waals surface area contributed by atoms with Gasteiger partial charge in [-0.1, -0.05) is 18.2 Å². The Labute approximate surface area is 143 Å². The normalized spacial score (nSPS) is 18.0. The molecule has 2 N–H and O–H groups in total. The molecule has 1 unspecified atom stereocenters. The number of ether oxygens (including phenoxy) is 1. The zero-order valence-electron chi connectivity index (χ0n) is 14.5. The molecule has 0 amide bonds. The number of anilines is 1. The van der Waals surface area contributed by atoms with Gasteiger partial charge in [0.1, 0.15) is 5.82 Å². The Morgan fingerprint density at radius 3 is 2.83 bits per heavy atom. The Bertz CT molecular complexity index is 669. The predicted molar refractivity (Wildman–Crippen MR) is 97.4 cm³/mol. The minimum absolute atomic E-state index is 0.399. The van der Waals surface area contributed by atoms with Crippen LogP contribution in [0, 0.1) is 6.92 Å². The van der Waals surface area contributed by atoms with Crippen LogP contribution in [0.5, 0.6) is 0 Å². The second-order valence-electron chi connectivity index (χ2n) is 6.67. The first-order valence-corrected chi connectivity index (χ1v) is 8.68. The van der Waals surface area contributed by atoms with Crippen LogP contribution in [-0.4, -0.2) is 60.5 Å². The van der Waals surface area contributed by atoms with Crippen LogP contribution in [-0.2, 0) is 4.74 Å². The molecule has 0 radical (unpaired) electrons. The second kappa shape index (κ2) is 7.92. The van der Waals surface area contributed by atoms with Crippen LogP contribution in [0.4, 0.5) is 5.82 Å². The van der Waals surface area contributed by atoms with Crippen molar-refractivity contribution in [3.8, 4) is 0 Å². The third-order valence-corrected chi connectivity index (χ3v) is 4.67. The van der Waals surface area contributed by atoms with Crippen LogP contribution in [0.3, 0.4) is 0 Å². The van der Waals surface area contributed by atoms with Crippen LogP contribution >= 0.6 is 0 Å². The summed E-state index contributed by atoms with van der Waals surface area (Å²) in [5, 5.41) is 14.6. The molecule has 1 aliphatic heterocycles. The number of aryl methyl sites for hydroxylation is 1. The molecule has 5 nitrogen and oxygen atoms in total. The number of aromatic nitrogens is 1. The van der Waals surface area contributed by atoms with Crippen molar-refractivity contribution in [1.29, 1.82) is 0 Å². The van der Waals surface area contributed by atoms with Crippen LogP contribution in [0.15, 0.2) is 30.3 Å². The number of likely N-dealkylation sites (tertiary alicyclic amines) is 1. The van der Waals surface area contributed by atoms with Gasteiger partial charge in [0.15, 0.2) is 0 Å². The molecular formula is C19H27N3O2. The van der Waals surface area contributed by atoms with E-state index in [9.17, 15) is 5.11 Å². The van der Waals surface area contributed by atoms with Crippen molar-refractivity contribution in [2.45, 2.75) is 31.9 Å². The minimum Gasteiger partial charge on any atom is -0.389 e. The number of benzene rings is 1. The van der Waals surface area contributed by atoms with Crippen molar-refractivity contribution in [3.63, 3.8) is 0 Å². The largest absolute Gasteiger partial charge is 0.389 e. The maximum absolute atomic E-state index is 9.85. The number of nitrogens with one attached hydrogen (secondary N) is 1. The lowest BCUT2D eigenvalue weighted by atomic mass is 10.0. The van der Waals surface area contributed by atoms with E-state index < -0.39 is 6.10 Å². The van der Waals surface area contributed by atoms with Gasteiger partial charge in [-0.2, -0.15) is 0 Å². The van der Waals surface area contributed by atoms with Gasteiger partial charge < -0.3 is 20.1 Å². The van der Waals surface area contributed by atoms with Crippen molar-refractivity contribution >= 4 is 16.7 Å². The van der Waals surface area contributed by atoms with Gasteiger partial charge in [-0.3, -0.25) is 0 Å². The number of aliphatic hydroxyl groups excluding tert-OH is 1. The molecule has 1 aliphatic rings. The van der Waals surface area contributed by atoms with E-state index in [2.05, 4.69) is 35.3 Å². The molecular weight excluding hydrogens is 302 g/mol. The molecule has 1 aromatic heterocycles. The zero-order chi connectivity index (χ0) is 16.9. The fourth-order valence-electron chi connectivity index (χ4n) is 3.36. The fourth-order valence-corrected chi connectivity index (χ4v) is 3.36. The molecule has 1 fully saturated rings. The fraction of sp³-hybridized carbons (Fsp3) is 0.526. The lowest BCUT2D eigenvalue weighted by Crippen LogP contribution is -2.43. The summed E-state index contributed by atoms with van der Waals surface area (Å²) in [6, 6.07) is 10.9. The van der Waals surface area contributed by atoms with Crippen molar-refractivity contribution in [1.82, 2.24) is 9.88 Å². The highest BCUT2D eigenvalue weighted by Gasteiger charge is 2.21. The van der Waals surface area contributed by atoms with Crippen molar-refractivity contribution < 1.29 is 9.84 Å². The standard InChI is InChI=1S/C19H27N3O2/c1-14-11-15-5-3-4-6-18(15)21-19(14)20-16-7-9-22(10-8-16)12-17(23)13-24-2/h3-6,11,16-17,23H,7-10,12-13H2,1-2H3,(H,20,21). The first-order chi connectivity index (χ1) is 11.7. The number of fused-ring (bicyclic) bond motifs is 1. The van der Waals surface area contributed by atoms with E-state index in [0.29, 0.717) is 19.2 Å². The highest BCUT2D eigenvalue weighted by molar-refractivity contribution is 5.81. The quantitative estimate of drug-likeness (QED) is 0.852. The van der Waals surface area contributed by atoms with E-state index >= 15 is 0 Å². The summed E-state index contributed by atoms with van der Waals surface area (Å²) in [5.74, 6) is 0.992. The number of hydrogen-bond donors (Lipinski definition) is 2. The maximum Gasteiger partial charge on any atom is 0.129 e. The number of β-amino-alcohol motifs (C(OH)–C–C–N with tert-alkyl or cyclic N) is 1. The first-order valence-electron chi connectivity index (χ1n) is 8.68. The van der Waals surface area contributed by atoms with Gasteiger partial charge in [0.05, 0.1) is 18.2 Å². The summed E-state index contributed by atoms with van der Waals surface area (Å²) >= 11 is 0. The molecule has 3 rings (SSSR count). The van der Waals surface area contributed by atoms with Crippen molar-refractivity contribution in [2.75, 3.05) is 38.7 Å². The molecule has 5 heteroatoms. The molecule has 1 saturated heterocycles. The molecule has 0 aliphatic carbocycles. The van der Waals surface area contributed by atoms with Crippen LogP contribution < -0.4 is 5.32 Å². The number of piperidine rings is 1. The first kappa shape index (κ1) is 17.1. The van der Waals surface area contributed by atoms with Crippen LogP contribution in [0.25, 0.3) is 10.9 Å². The number of para-hydroxylation sites is 1. The van der Waals surface area contributed by atoms with Gasteiger partial charge in [-0.25, -0.2) is 4.98 Å². The van der Waals surface area contributed by atoms with Gasteiger partial charge in [-0.15, -0.1) is 0 Å². The maximum atomic E-state index is 9.85. The Balaban J connectivity index is 1.57. The topological polar surface area (TPSA) is 57.6 Å². The highest BCUT2D eigenvalue weighted by atomic mass is 16.5. The summed E-state index contributed by atoms with van der Waals surface area (Å²) in [6.07, 6.45) is 1.73. The number of methoxy groups -OCH3 is 1. The monoisotopic (exact) mass is 329 g/mol. The summed E-state index contributed by atoms with van der Waals surface area (Å²) in [4.78, 5) is 7.09. The van der Waals surface area contributed by atoms with E-state index in [1.54, 1.807) is 7.11 Å². The third kappa shape index (κ3) is 4.23. The molecule has 0 bridgehead atoms. The second-order valence-corrected chi connectivity index (χ2v) is 6.67. The van der Waals surface area contributed by atoms with E-state index in [1.165, 1.54) is 10.9 Å². The Morgan fingerprint density at radius 1 is 1.33 bits per heavy atom. The summed E-state index contributed by atoms with van der Waals surface area (Å²) in [7, 11) is 1.62. The average molecular weight is 329 g/mol. The molecule has 2 heterocycles. The molecule has 0 saturated carbocycles. The molecule has 1 atom stereocenters. The van der Waals surface area contributed by atoms with Gasteiger partial charge in [-0.05, 0) is 37.5 Å². The molecule has 24 heavy (non-hydrogen) atoms. The van der Waals surface area contributed by atoms with E-state index in [-0.39, 0.29) is 0 Å². The van der Waals surface area contributed by atoms with Crippen LogP contribution in [0.2, 0.25) is 0 Å². The Kier molecular flexibility index (Phi) is 5.66. The Hall–Kier alpha value is -1.69. The number of aliphatic hydroxyl groups is 1. The molecule has 130 valence electrons. The van der Waals surface area contributed by atoms with E-state index in [1.807, 2.05) is 12.1 Å². The molecule has 2 aromatic rings. The molecule has 0 spiro atoms. The van der Waals surface area contributed by atoms with Crippen molar-refractivity contribution in [3.05, 3.63) is 35.9 Å². The zero-order valence-corrected chi connectivity index (χ0v) is 14.5. The number of rotatable bonds is 6. The number of pyridine rings is 1. The van der Waals surface area contributed by atoms with E-state index in [0.717, 1.165) is 37.3 Å². The van der Waals surface area contributed by atoms with Gasteiger partial charge in [0.2, 0.25) is 0 Å². The summed E-state index contributed by atoms with van der Waals surface area (Å²) in [5.41, 5.74) is 2.22. The van der Waals surface area contributed by atoms with Gasteiger partial charge in [0.25, 0.3) is 0 Å². The molecule has 1 aromatic carbocycles. The number of hydrogen-bond acceptors (Lipinski definition) is 5. The summed E-state index contributed by atoms with van der Waals surface area (Å²) in [6.45, 7) is 5.18. The van der Waals surface area contributed by atoms with Crippen molar-refractivity contribution in [2.24, 2.45) is 0 Å². The lowest BCUT2D eigenvalue weighted by Gasteiger charge is -2.33.